The van der Waals surface area contributed by atoms with Crippen LogP contribution in [-0.2, 0) is 27.9 Å². The average Bonchev–Trinajstić information content (AvgIpc) is 3.18. The number of rotatable bonds is 41. The number of unbranched alkanes of at least 4 members (excludes halogenated alkanes) is 17. The molecule has 0 saturated carbocycles. The summed E-state index contributed by atoms with van der Waals surface area (Å²) in [5.74, 6) is -0.395. The van der Waals surface area contributed by atoms with Crippen LogP contribution in [0.25, 0.3) is 0 Å². The predicted octanol–water partition coefficient (Wildman–Crippen LogP) is 12.0. The summed E-state index contributed by atoms with van der Waals surface area (Å²) in [6.45, 7) is 3.38. The molecule has 3 unspecified atom stereocenters. The second kappa shape index (κ2) is 41.8. The number of phosphoric acid groups is 1. The molecule has 0 spiro atoms. The number of esters is 1. The highest BCUT2D eigenvalue weighted by Gasteiger charge is 2.26. The number of carbonyl (C=O) groups is 1. The fourth-order valence-corrected chi connectivity index (χ4v) is 6.47. The first kappa shape index (κ1) is 53.2. The molecule has 9 nitrogen and oxygen atoms in total. The first-order valence-corrected chi connectivity index (χ1v) is 23.3. The molecule has 0 aromatic carbocycles. The molecule has 0 aliphatic rings. The van der Waals surface area contributed by atoms with Crippen LogP contribution in [0.2, 0.25) is 0 Å². The monoisotopic (exact) mass is 797 g/mol. The van der Waals surface area contributed by atoms with Crippen LogP contribution in [0.3, 0.4) is 0 Å². The van der Waals surface area contributed by atoms with Crippen LogP contribution in [0.15, 0.2) is 60.8 Å². The molecule has 0 radical (unpaired) electrons. The topological polar surface area (TPSA) is 132 Å². The van der Waals surface area contributed by atoms with Gasteiger partial charge in [0.05, 0.1) is 26.4 Å². The Labute approximate surface area is 336 Å². The lowest BCUT2D eigenvalue weighted by molar-refractivity contribution is -0.154. The molecule has 3 N–H and O–H groups in total. The van der Waals surface area contributed by atoms with Gasteiger partial charge >= 0.3 is 13.8 Å². The Morgan fingerprint density at radius 1 is 0.582 bits per heavy atom. The van der Waals surface area contributed by atoms with E-state index in [9.17, 15) is 19.4 Å². The van der Waals surface area contributed by atoms with Gasteiger partial charge in [0.1, 0.15) is 12.2 Å². The Hall–Kier alpha value is -1.84. The van der Waals surface area contributed by atoms with E-state index in [1.165, 1.54) is 70.6 Å². The van der Waals surface area contributed by atoms with Crippen molar-refractivity contribution in [2.75, 3.05) is 33.0 Å². The largest absolute Gasteiger partial charge is 0.472 e. The third kappa shape index (κ3) is 41.6. The summed E-state index contributed by atoms with van der Waals surface area (Å²) >= 11 is 0. The summed E-state index contributed by atoms with van der Waals surface area (Å²) in [4.78, 5) is 22.6. The zero-order valence-corrected chi connectivity index (χ0v) is 35.8. The molecule has 0 bridgehead atoms. The van der Waals surface area contributed by atoms with Crippen LogP contribution < -0.4 is 0 Å². The Morgan fingerprint density at radius 3 is 1.56 bits per heavy atom. The van der Waals surface area contributed by atoms with E-state index in [1.54, 1.807) is 0 Å². The molecule has 0 saturated heterocycles. The number of hydrogen-bond donors (Lipinski definition) is 3. The normalized spacial score (nSPS) is 14.6. The summed E-state index contributed by atoms with van der Waals surface area (Å²) in [7, 11) is -4.52. The zero-order chi connectivity index (χ0) is 40.3. The third-order valence-electron chi connectivity index (χ3n) is 8.97. The minimum atomic E-state index is -4.52. The van der Waals surface area contributed by atoms with E-state index in [4.69, 9.17) is 23.6 Å². The number of hydrogen-bond acceptors (Lipinski definition) is 8. The van der Waals surface area contributed by atoms with Crippen molar-refractivity contribution in [1.29, 1.82) is 0 Å². The number of allylic oxidation sites excluding steroid dienone is 10. The predicted molar refractivity (Wildman–Crippen MR) is 228 cm³/mol. The fourth-order valence-electron chi connectivity index (χ4n) is 5.68. The van der Waals surface area contributed by atoms with Gasteiger partial charge in [0.2, 0.25) is 0 Å². The summed E-state index contributed by atoms with van der Waals surface area (Å²) < 4.78 is 33.3. The van der Waals surface area contributed by atoms with Crippen LogP contribution in [0.1, 0.15) is 174 Å². The summed E-state index contributed by atoms with van der Waals surface area (Å²) in [5, 5.41) is 18.3. The quantitative estimate of drug-likeness (QED) is 0.0239. The third-order valence-corrected chi connectivity index (χ3v) is 9.92. The van der Waals surface area contributed by atoms with Crippen LogP contribution in [-0.4, -0.2) is 66.3 Å². The fraction of sp³-hybridized carbons (Fsp3) is 0.756. The maximum absolute atomic E-state index is 12.6. The Kier molecular flexibility index (Phi) is 40.4. The number of phosphoric ester groups is 1. The standard InChI is InChI=1S/C45H81O9P/c1-3-5-7-9-11-13-15-16-17-18-19-20-21-22-23-24-25-26-27-29-31-33-35-37-45(48)54-44(42-53-55(49,50)52-40-43(47)39-46)41-51-38-36-34-32-30-28-14-12-10-8-6-4-2/h5,7,11,13,16-17,19-20,22-23,43-44,46-47H,3-4,6,8-10,12,14-15,18,21,24-42H2,1-2H3,(H,49,50)/b7-5-,13-11-,17-16-,20-19-,23-22-. The van der Waals surface area contributed by atoms with Gasteiger partial charge in [-0.3, -0.25) is 13.8 Å². The molecule has 0 aliphatic heterocycles. The van der Waals surface area contributed by atoms with Gasteiger partial charge in [0.25, 0.3) is 0 Å². The molecule has 0 aromatic heterocycles. The van der Waals surface area contributed by atoms with E-state index in [2.05, 4.69) is 74.6 Å². The lowest BCUT2D eigenvalue weighted by Crippen LogP contribution is -2.29. The van der Waals surface area contributed by atoms with Crippen molar-refractivity contribution in [2.24, 2.45) is 0 Å². The van der Waals surface area contributed by atoms with Gasteiger partial charge in [-0.2, -0.15) is 0 Å². The smallest absolute Gasteiger partial charge is 0.457 e. The summed E-state index contributed by atoms with van der Waals surface area (Å²) in [6.07, 6.45) is 47.5. The molecule has 0 heterocycles. The maximum Gasteiger partial charge on any atom is 0.472 e. The van der Waals surface area contributed by atoms with E-state index in [-0.39, 0.29) is 19.6 Å². The first-order chi connectivity index (χ1) is 26.8. The van der Waals surface area contributed by atoms with Gasteiger partial charge in [-0.05, 0) is 57.8 Å². The van der Waals surface area contributed by atoms with E-state index >= 15 is 0 Å². The minimum absolute atomic E-state index is 0.0440. The van der Waals surface area contributed by atoms with Gasteiger partial charge in [-0.15, -0.1) is 0 Å². The Bertz CT molecular complexity index is 1040. The van der Waals surface area contributed by atoms with E-state index in [0.29, 0.717) is 13.0 Å². The van der Waals surface area contributed by atoms with Gasteiger partial charge in [-0.25, -0.2) is 4.57 Å². The molecule has 55 heavy (non-hydrogen) atoms. The molecule has 10 heteroatoms. The van der Waals surface area contributed by atoms with Crippen molar-refractivity contribution in [3.63, 3.8) is 0 Å². The van der Waals surface area contributed by atoms with Crippen molar-refractivity contribution in [1.82, 2.24) is 0 Å². The van der Waals surface area contributed by atoms with Crippen molar-refractivity contribution >= 4 is 13.8 Å². The van der Waals surface area contributed by atoms with Gasteiger partial charge < -0.3 is 24.6 Å². The van der Waals surface area contributed by atoms with Gasteiger partial charge in [0, 0.05) is 13.0 Å². The highest BCUT2D eigenvalue weighted by Crippen LogP contribution is 2.43. The SMILES string of the molecule is CC/C=C\C/C=C\C/C=C\C/C=C\C/C=C\CCCCCCCCCC(=O)OC(COCCCCCCCCCCCCC)COP(=O)(O)OCC(O)CO. The van der Waals surface area contributed by atoms with Crippen molar-refractivity contribution in [2.45, 2.75) is 187 Å². The van der Waals surface area contributed by atoms with Crippen molar-refractivity contribution in [3.8, 4) is 0 Å². The molecule has 320 valence electrons. The molecule has 0 amide bonds. The van der Waals surface area contributed by atoms with E-state index in [0.717, 1.165) is 77.0 Å². The highest BCUT2D eigenvalue weighted by atomic mass is 31.2. The van der Waals surface area contributed by atoms with Crippen LogP contribution >= 0.6 is 7.82 Å². The molecular weight excluding hydrogens is 715 g/mol. The molecule has 0 fully saturated rings. The van der Waals surface area contributed by atoms with Crippen LogP contribution in [0, 0.1) is 0 Å². The van der Waals surface area contributed by atoms with Crippen LogP contribution in [0.4, 0.5) is 0 Å². The Balaban J connectivity index is 4.15. The molecular formula is C45H81O9P. The molecule has 0 rings (SSSR count). The van der Waals surface area contributed by atoms with E-state index < -0.39 is 39.2 Å². The molecule has 3 atom stereocenters. The average molecular weight is 797 g/mol. The lowest BCUT2D eigenvalue weighted by atomic mass is 10.1. The highest BCUT2D eigenvalue weighted by molar-refractivity contribution is 7.47. The zero-order valence-electron chi connectivity index (χ0n) is 34.9. The van der Waals surface area contributed by atoms with Gasteiger partial charge in [0.15, 0.2) is 0 Å². The van der Waals surface area contributed by atoms with Crippen molar-refractivity contribution in [3.05, 3.63) is 60.8 Å². The van der Waals surface area contributed by atoms with Crippen molar-refractivity contribution < 1.29 is 43.0 Å². The van der Waals surface area contributed by atoms with Crippen LogP contribution in [0.5, 0.6) is 0 Å². The lowest BCUT2D eigenvalue weighted by Gasteiger charge is -2.20. The second-order valence-electron chi connectivity index (χ2n) is 14.3. The molecule has 0 aromatic rings. The Morgan fingerprint density at radius 2 is 1.04 bits per heavy atom. The number of aliphatic hydroxyl groups excluding tert-OH is 2. The minimum Gasteiger partial charge on any atom is -0.457 e. The van der Waals surface area contributed by atoms with E-state index in [1.807, 2.05) is 0 Å². The first-order valence-electron chi connectivity index (χ1n) is 21.8. The number of ether oxygens (including phenoxy) is 2. The number of aliphatic hydroxyl groups is 2. The maximum atomic E-state index is 12.6. The number of carbonyl (C=O) groups excluding carboxylic acids is 1. The summed E-state index contributed by atoms with van der Waals surface area (Å²) in [6, 6.07) is 0. The second-order valence-corrected chi connectivity index (χ2v) is 15.8. The summed E-state index contributed by atoms with van der Waals surface area (Å²) in [5.41, 5.74) is 0. The molecule has 0 aliphatic carbocycles. The van der Waals surface area contributed by atoms with Gasteiger partial charge in [-0.1, -0.05) is 171 Å².